The third kappa shape index (κ3) is 3.06. The zero-order chi connectivity index (χ0) is 17.9. The van der Waals surface area contributed by atoms with Gasteiger partial charge in [0, 0.05) is 36.7 Å². The van der Waals surface area contributed by atoms with E-state index in [1.807, 2.05) is 41.3 Å². The van der Waals surface area contributed by atoms with Crippen LogP contribution in [0.2, 0.25) is 0 Å². The van der Waals surface area contributed by atoms with E-state index in [1.54, 1.807) is 18.7 Å². The minimum absolute atomic E-state index is 0.121. The lowest BCUT2D eigenvalue weighted by molar-refractivity contribution is 0.192. The average molecular weight is 347 g/mol. The van der Waals surface area contributed by atoms with E-state index < -0.39 is 0 Å². The normalized spacial score (nSPS) is 16.2. The van der Waals surface area contributed by atoms with E-state index in [4.69, 9.17) is 0 Å². The highest BCUT2D eigenvalue weighted by Gasteiger charge is 2.34. The van der Waals surface area contributed by atoms with Crippen molar-refractivity contribution in [3.8, 4) is 0 Å². The first-order chi connectivity index (χ1) is 12.8. The summed E-state index contributed by atoms with van der Waals surface area (Å²) in [4.78, 5) is 26.6. The van der Waals surface area contributed by atoms with Gasteiger partial charge in [-0.1, -0.05) is 19.1 Å². The number of aromatic nitrogens is 3. The van der Waals surface area contributed by atoms with Crippen LogP contribution in [0.3, 0.4) is 0 Å². The molecule has 0 fully saturated rings. The maximum absolute atomic E-state index is 13.0. The predicted molar refractivity (Wildman–Crippen MR) is 99.9 cm³/mol. The number of rotatable bonds is 3. The van der Waals surface area contributed by atoms with Gasteiger partial charge in [0.1, 0.15) is 6.04 Å². The van der Waals surface area contributed by atoms with Crippen molar-refractivity contribution in [3.05, 3.63) is 77.6 Å². The SMILES string of the molecule is CCc1ccc(NC(=O)N2CCc3[nH]cnc3[C@H]2c2ccncc2)cc1. The number of pyridine rings is 1. The number of benzene rings is 1. The monoisotopic (exact) mass is 347 g/mol. The molecule has 26 heavy (non-hydrogen) atoms. The average Bonchev–Trinajstić information content (AvgIpc) is 3.17. The van der Waals surface area contributed by atoms with Crippen molar-refractivity contribution < 1.29 is 4.79 Å². The minimum atomic E-state index is -0.220. The van der Waals surface area contributed by atoms with Gasteiger partial charge >= 0.3 is 6.03 Å². The zero-order valence-corrected chi connectivity index (χ0v) is 14.6. The topological polar surface area (TPSA) is 73.9 Å². The molecular formula is C20H21N5O. The lowest BCUT2D eigenvalue weighted by atomic mass is 9.97. The number of carbonyl (C=O) groups is 1. The number of amides is 2. The largest absolute Gasteiger partial charge is 0.348 e. The Balaban J connectivity index is 1.62. The van der Waals surface area contributed by atoms with Crippen molar-refractivity contribution in [2.45, 2.75) is 25.8 Å². The molecule has 6 nitrogen and oxygen atoms in total. The summed E-state index contributed by atoms with van der Waals surface area (Å²) in [5, 5.41) is 3.02. The summed E-state index contributed by atoms with van der Waals surface area (Å²) in [6.45, 7) is 2.74. The lowest BCUT2D eigenvalue weighted by Crippen LogP contribution is -2.43. The molecule has 1 aliphatic rings. The molecule has 4 rings (SSSR count). The second-order valence-corrected chi connectivity index (χ2v) is 6.37. The minimum Gasteiger partial charge on any atom is -0.348 e. The fourth-order valence-corrected chi connectivity index (χ4v) is 3.40. The molecule has 0 radical (unpaired) electrons. The maximum atomic E-state index is 13.0. The first kappa shape index (κ1) is 16.3. The number of aryl methyl sites for hydroxylation is 1. The van der Waals surface area contributed by atoms with E-state index in [0.717, 1.165) is 35.5 Å². The lowest BCUT2D eigenvalue weighted by Gasteiger charge is -2.35. The number of nitrogens with zero attached hydrogens (tertiary/aromatic N) is 3. The van der Waals surface area contributed by atoms with Crippen LogP contribution in [0.5, 0.6) is 0 Å². The molecule has 6 heteroatoms. The quantitative estimate of drug-likeness (QED) is 0.761. The summed E-state index contributed by atoms with van der Waals surface area (Å²) in [5.74, 6) is 0. The summed E-state index contributed by atoms with van der Waals surface area (Å²) >= 11 is 0. The Kier molecular flexibility index (Phi) is 4.39. The Hall–Kier alpha value is -3.15. The van der Waals surface area contributed by atoms with E-state index in [0.29, 0.717) is 6.54 Å². The van der Waals surface area contributed by atoms with E-state index in [1.165, 1.54) is 5.56 Å². The van der Waals surface area contributed by atoms with Gasteiger partial charge in [0.2, 0.25) is 0 Å². The van der Waals surface area contributed by atoms with Gasteiger partial charge in [-0.15, -0.1) is 0 Å². The van der Waals surface area contributed by atoms with Gasteiger partial charge in [0.05, 0.1) is 12.0 Å². The van der Waals surface area contributed by atoms with Crippen LogP contribution in [0, 0.1) is 0 Å². The van der Waals surface area contributed by atoms with Gasteiger partial charge in [-0.05, 0) is 41.8 Å². The molecule has 1 aromatic carbocycles. The number of H-pyrrole nitrogens is 1. The second-order valence-electron chi connectivity index (χ2n) is 6.37. The van der Waals surface area contributed by atoms with Gasteiger partial charge in [-0.25, -0.2) is 9.78 Å². The van der Waals surface area contributed by atoms with Crippen molar-refractivity contribution in [3.63, 3.8) is 0 Å². The van der Waals surface area contributed by atoms with Crippen LogP contribution in [0.25, 0.3) is 0 Å². The number of hydrogen-bond donors (Lipinski definition) is 2. The van der Waals surface area contributed by atoms with Crippen LogP contribution in [0.1, 0.15) is 35.5 Å². The number of aromatic amines is 1. The summed E-state index contributed by atoms with van der Waals surface area (Å²) in [6.07, 6.45) is 6.93. The molecule has 3 aromatic rings. The van der Waals surface area contributed by atoms with Crippen LogP contribution < -0.4 is 5.32 Å². The van der Waals surface area contributed by atoms with Gasteiger partial charge in [0.25, 0.3) is 0 Å². The highest BCUT2D eigenvalue weighted by Crippen LogP contribution is 2.33. The number of urea groups is 1. The number of hydrogen-bond acceptors (Lipinski definition) is 3. The maximum Gasteiger partial charge on any atom is 0.322 e. The summed E-state index contributed by atoms with van der Waals surface area (Å²) in [7, 11) is 0. The molecule has 2 N–H and O–H groups in total. The fourth-order valence-electron chi connectivity index (χ4n) is 3.40. The summed E-state index contributed by atoms with van der Waals surface area (Å²) in [6, 6.07) is 11.5. The van der Waals surface area contributed by atoms with E-state index >= 15 is 0 Å². The molecule has 3 heterocycles. The second kappa shape index (κ2) is 7.00. The van der Waals surface area contributed by atoms with Crippen LogP contribution in [-0.2, 0) is 12.8 Å². The van der Waals surface area contributed by atoms with Crippen LogP contribution >= 0.6 is 0 Å². The van der Waals surface area contributed by atoms with E-state index in [9.17, 15) is 4.79 Å². The van der Waals surface area contributed by atoms with E-state index in [2.05, 4.69) is 27.2 Å². The van der Waals surface area contributed by atoms with Crippen molar-refractivity contribution in [1.29, 1.82) is 0 Å². The number of carbonyl (C=O) groups excluding carboxylic acids is 1. The molecule has 0 saturated carbocycles. The Morgan fingerprint density at radius 1 is 1.23 bits per heavy atom. The molecular weight excluding hydrogens is 326 g/mol. The molecule has 1 aliphatic heterocycles. The van der Waals surface area contributed by atoms with Crippen LogP contribution in [0.4, 0.5) is 10.5 Å². The summed E-state index contributed by atoms with van der Waals surface area (Å²) < 4.78 is 0. The number of nitrogens with one attached hydrogen (secondary N) is 2. The summed E-state index contributed by atoms with van der Waals surface area (Å²) in [5.41, 5.74) is 5.04. The zero-order valence-electron chi connectivity index (χ0n) is 14.6. The number of anilines is 1. The molecule has 1 atom stereocenters. The highest BCUT2D eigenvalue weighted by atomic mass is 16.2. The fraction of sp³-hybridized carbons (Fsp3) is 0.250. The standard InChI is InChI=1S/C20H21N5O/c1-2-14-3-5-16(6-4-14)24-20(26)25-12-9-17-18(23-13-22-17)19(25)15-7-10-21-11-8-15/h3-8,10-11,13,19H,2,9,12H2,1H3,(H,22,23)(H,24,26)/t19-/m1/s1. The predicted octanol–water partition coefficient (Wildman–Crippen LogP) is 3.55. The van der Waals surface area contributed by atoms with Gasteiger partial charge in [0.15, 0.2) is 0 Å². The highest BCUT2D eigenvalue weighted by molar-refractivity contribution is 5.90. The smallest absolute Gasteiger partial charge is 0.322 e. The first-order valence-electron chi connectivity index (χ1n) is 8.85. The Labute approximate surface area is 152 Å². The van der Waals surface area contributed by atoms with Crippen molar-refractivity contribution in [2.75, 3.05) is 11.9 Å². The van der Waals surface area contributed by atoms with Crippen LogP contribution in [-0.4, -0.2) is 32.4 Å². The molecule has 2 aromatic heterocycles. The van der Waals surface area contributed by atoms with Gasteiger partial charge < -0.3 is 15.2 Å². The van der Waals surface area contributed by atoms with Crippen molar-refractivity contribution in [1.82, 2.24) is 19.9 Å². The number of fused-ring (bicyclic) bond motifs is 1. The first-order valence-corrected chi connectivity index (χ1v) is 8.85. The van der Waals surface area contributed by atoms with E-state index in [-0.39, 0.29) is 12.1 Å². The molecule has 0 unspecified atom stereocenters. The Morgan fingerprint density at radius 2 is 2.00 bits per heavy atom. The van der Waals surface area contributed by atoms with Gasteiger partial charge in [-0.2, -0.15) is 0 Å². The third-order valence-electron chi connectivity index (χ3n) is 4.82. The molecule has 0 saturated heterocycles. The third-order valence-corrected chi connectivity index (χ3v) is 4.82. The Morgan fingerprint density at radius 3 is 2.73 bits per heavy atom. The van der Waals surface area contributed by atoms with Crippen molar-refractivity contribution >= 4 is 11.7 Å². The molecule has 0 spiro atoms. The Bertz CT molecular complexity index is 888. The molecule has 0 bridgehead atoms. The molecule has 2 amide bonds. The van der Waals surface area contributed by atoms with Crippen LogP contribution in [0.15, 0.2) is 55.1 Å². The van der Waals surface area contributed by atoms with Gasteiger partial charge in [-0.3, -0.25) is 4.98 Å². The molecule has 0 aliphatic carbocycles. The van der Waals surface area contributed by atoms with Crippen molar-refractivity contribution in [2.24, 2.45) is 0 Å². The number of imidazole rings is 1. The molecule has 132 valence electrons.